The minimum atomic E-state index is -0.285. The van der Waals surface area contributed by atoms with Gasteiger partial charge in [0.1, 0.15) is 28.8 Å². The van der Waals surface area contributed by atoms with E-state index in [1.54, 1.807) is 12.1 Å². The van der Waals surface area contributed by atoms with Crippen LogP contribution in [-0.4, -0.2) is 15.3 Å². The van der Waals surface area contributed by atoms with Crippen molar-refractivity contribution < 1.29 is 20.1 Å². The molecule has 0 fully saturated rings. The minimum absolute atomic E-state index is 0.0185. The van der Waals surface area contributed by atoms with Crippen LogP contribution in [0.1, 0.15) is 95.0 Å². The number of nitrogens with two attached hydrogens (primary N) is 1. The van der Waals surface area contributed by atoms with Crippen LogP contribution in [0.3, 0.4) is 0 Å². The standard InChI is InChI=1S/C27H37NO4/c1-7-9-22(28)20-11-18(23(29)13-24(20)30)10-15(3)19-12-21-26(14-25(19)31)32-17(5)16(4)27(21,6)8-2/h11-15,22,29-31H,7-10,28H2,1-6H3. The monoisotopic (exact) mass is 439 g/mol. The number of allylic oxidation sites excluding steroid dienone is 2. The van der Waals surface area contributed by atoms with Crippen LogP contribution in [0.25, 0.3) is 0 Å². The summed E-state index contributed by atoms with van der Waals surface area (Å²) in [6, 6.07) is 6.65. The first-order valence-corrected chi connectivity index (χ1v) is 11.6. The molecule has 0 aromatic heterocycles. The Morgan fingerprint density at radius 1 is 0.969 bits per heavy atom. The molecule has 1 aliphatic rings. The van der Waals surface area contributed by atoms with Gasteiger partial charge < -0.3 is 25.8 Å². The second kappa shape index (κ2) is 9.07. The van der Waals surface area contributed by atoms with E-state index in [0.717, 1.165) is 36.1 Å². The predicted octanol–water partition coefficient (Wildman–Crippen LogP) is 6.30. The maximum Gasteiger partial charge on any atom is 0.134 e. The molecule has 3 unspecified atom stereocenters. The molecule has 2 aromatic rings. The van der Waals surface area contributed by atoms with E-state index in [0.29, 0.717) is 23.3 Å². The van der Waals surface area contributed by atoms with Gasteiger partial charge in [-0.25, -0.2) is 0 Å². The van der Waals surface area contributed by atoms with Crippen LogP contribution in [0.2, 0.25) is 0 Å². The fourth-order valence-electron chi connectivity index (χ4n) is 4.79. The van der Waals surface area contributed by atoms with E-state index in [2.05, 4.69) is 26.8 Å². The molecule has 0 amide bonds. The van der Waals surface area contributed by atoms with Crippen molar-refractivity contribution in [1.82, 2.24) is 0 Å². The van der Waals surface area contributed by atoms with Crippen molar-refractivity contribution in [1.29, 1.82) is 0 Å². The van der Waals surface area contributed by atoms with Crippen LogP contribution in [0.15, 0.2) is 35.6 Å². The zero-order valence-corrected chi connectivity index (χ0v) is 20.1. The molecule has 1 aliphatic heterocycles. The summed E-state index contributed by atoms with van der Waals surface area (Å²) in [5, 5.41) is 31.6. The summed E-state index contributed by atoms with van der Waals surface area (Å²) >= 11 is 0. The van der Waals surface area contributed by atoms with Crippen LogP contribution < -0.4 is 10.5 Å². The van der Waals surface area contributed by atoms with Crippen LogP contribution in [-0.2, 0) is 11.8 Å². The third kappa shape index (κ3) is 4.18. The first-order valence-electron chi connectivity index (χ1n) is 11.6. The summed E-state index contributed by atoms with van der Waals surface area (Å²) in [5.74, 6) is 1.75. The van der Waals surface area contributed by atoms with Gasteiger partial charge in [0.05, 0.1) is 0 Å². The molecular formula is C27H37NO4. The highest BCUT2D eigenvalue weighted by Crippen LogP contribution is 2.49. The molecule has 1 heterocycles. The van der Waals surface area contributed by atoms with Gasteiger partial charge in [-0.3, -0.25) is 0 Å². The Morgan fingerprint density at radius 3 is 2.25 bits per heavy atom. The van der Waals surface area contributed by atoms with Crippen molar-refractivity contribution >= 4 is 0 Å². The van der Waals surface area contributed by atoms with E-state index in [1.165, 1.54) is 11.6 Å². The molecule has 3 atom stereocenters. The van der Waals surface area contributed by atoms with Gasteiger partial charge in [-0.05, 0) is 67.9 Å². The summed E-state index contributed by atoms with van der Waals surface area (Å²) < 4.78 is 6.01. The predicted molar refractivity (Wildman–Crippen MR) is 128 cm³/mol. The third-order valence-corrected chi connectivity index (χ3v) is 7.33. The van der Waals surface area contributed by atoms with E-state index in [4.69, 9.17) is 10.5 Å². The summed E-state index contributed by atoms with van der Waals surface area (Å²) in [7, 11) is 0. The SMILES string of the molecule is CCCC(N)c1cc(CC(C)c2cc3c(cc2O)OC(C)=C(C)C3(C)CC)c(O)cc1O. The smallest absolute Gasteiger partial charge is 0.134 e. The number of hydrogen-bond acceptors (Lipinski definition) is 5. The highest BCUT2D eigenvalue weighted by Gasteiger charge is 2.36. The maximum atomic E-state index is 10.8. The van der Waals surface area contributed by atoms with Gasteiger partial charge in [0.2, 0.25) is 0 Å². The minimum Gasteiger partial charge on any atom is -0.508 e. The molecule has 0 saturated carbocycles. The molecule has 2 aromatic carbocycles. The zero-order chi connectivity index (χ0) is 23.8. The molecule has 0 spiro atoms. The number of fused-ring (bicyclic) bond motifs is 1. The van der Waals surface area contributed by atoms with E-state index >= 15 is 0 Å². The van der Waals surface area contributed by atoms with Crippen LogP contribution >= 0.6 is 0 Å². The molecule has 32 heavy (non-hydrogen) atoms. The lowest BCUT2D eigenvalue weighted by Crippen LogP contribution is -2.29. The quantitative estimate of drug-likeness (QED) is 0.406. The Labute approximate surface area is 191 Å². The van der Waals surface area contributed by atoms with Crippen molar-refractivity contribution in [3.8, 4) is 23.0 Å². The normalized spacial score (nSPS) is 20.0. The Balaban J connectivity index is 1.99. The van der Waals surface area contributed by atoms with Crippen LogP contribution in [0.5, 0.6) is 23.0 Å². The van der Waals surface area contributed by atoms with Gasteiger partial charge in [-0.15, -0.1) is 0 Å². The molecule has 5 heteroatoms. The number of phenols is 3. The third-order valence-electron chi connectivity index (χ3n) is 7.33. The number of hydrogen-bond donors (Lipinski definition) is 4. The summed E-state index contributed by atoms with van der Waals surface area (Å²) in [6.45, 7) is 12.5. The van der Waals surface area contributed by atoms with Gasteiger partial charge in [0.15, 0.2) is 0 Å². The molecule has 3 rings (SSSR count). The zero-order valence-electron chi connectivity index (χ0n) is 20.1. The average molecular weight is 440 g/mol. The summed E-state index contributed by atoms with van der Waals surface area (Å²) in [4.78, 5) is 0. The van der Waals surface area contributed by atoms with E-state index in [-0.39, 0.29) is 34.6 Å². The highest BCUT2D eigenvalue weighted by atomic mass is 16.5. The fourth-order valence-corrected chi connectivity index (χ4v) is 4.79. The van der Waals surface area contributed by atoms with E-state index < -0.39 is 0 Å². The lowest BCUT2D eigenvalue weighted by Gasteiger charge is -2.37. The van der Waals surface area contributed by atoms with Gasteiger partial charge in [0, 0.05) is 34.7 Å². The first-order chi connectivity index (χ1) is 15.0. The molecule has 0 bridgehead atoms. The van der Waals surface area contributed by atoms with E-state index in [9.17, 15) is 15.3 Å². The Morgan fingerprint density at radius 2 is 1.62 bits per heavy atom. The fraction of sp³-hybridized carbons (Fsp3) is 0.481. The van der Waals surface area contributed by atoms with Gasteiger partial charge in [-0.1, -0.05) is 34.1 Å². The van der Waals surface area contributed by atoms with Crippen LogP contribution in [0.4, 0.5) is 0 Å². The lowest BCUT2D eigenvalue weighted by atomic mass is 9.71. The average Bonchev–Trinajstić information content (AvgIpc) is 2.73. The molecule has 0 aliphatic carbocycles. The summed E-state index contributed by atoms with van der Waals surface area (Å²) in [6.07, 6.45) is 3.08. The number of ether oxygens (including phenoxy) is 1. The first kappa shape index (κ1) is 24.0. The van der Waals surface area contributed by atoms with E-state index in [1.807, 2.05) is 20.8 Å². The second-order valence-electron chi connectivity index (χ2n) is 9.42. The van der Waals surface area contributed by atoms with Gasteiger partial charge in [0.25, 0.3) is 0 Å². The van der Waals surface area contributed by atoms with Crippen molar-refractivity contribution in [2.24, 2.45) is 5.73 Å². The second-order valence-corrected chi connectivity index (χ2v) is 9.42. The van der Waals surface area contributed by atoms with Gasteiger partial charge >= 0.3 is 0 Å². The number of rotatable bonds is 7. The number of phenolic OH excluding ortho intramolecular Hbond substituents is 3. The van der Waals surface area contributed by atoms with Crippen molar-refractivity contribution in [3.63, 3.8) is 0 Å². The Bertz CT molecular complexity index is 1040. The maximum absolute atomic E-state index is 10.8. The van der Waals surface area contributed by atoms with Crippen molar-refractivity contribution in [2.45, 2.75) is 84.6 Å². The number of aromatic hydroxyl groups is 3. The van der Waals surface area contributed by atoms with Crippen LogP contribution in [0, 0.1) is 0 Å². The Kier molecular flexibility index (Phi) is 6.80. The van der Waals surface area contributed by atoms with Gasteiger partial charge in [-0.2, -0.15) is 0 Å². The molecule has 0 saturated heterocycles. The topological polar surface area (TPSA) is 95.9 Å². The molecular weight excluding hydrogens is 402 g/mol. The summed E-state index contributed by atoms with van der Waals surface area (Å²) in [5.41, 5.74) is 10.5. The van der Waals surface area contributed by atoms with Crippen molar-refractivity contribution in [2.75, 3.05) is 0 Å². The molecule has 5 N–H and O–H groups in total. The molecule has 5 nitrogen and oxygen atoms in total. The molecule has 174 valence electrons. The van der Waals surface area contributed by atoms with Crippen molar-refractivity contribution in [3.05, 3.63) is 57.9 Å². The number of benzene rings is 2. The highest BCUT2D eigenvalue weighted by molar-refractivity contribution is 5.56. The molecule has 0 radical (unpaired) electrons. The largest absolute Gasteiger partial charge is 0.508 e. The Hall–Kier alpha value is -2.66. The lowest BCUT2D eigenvalue weighted by molar-refractivity contribution is 0.350.